The summed E-state index contributed by atoms with van der Waals surface area (Å²) in [5.41, 5.74) is 3.78. The highest BCUT2D eigenvalue weighted by molar-refractivity contribution is 6.35. The first-order valence-electron chi connectivity index (χ1n) is 11.1. The summed E-state index contributed by atoms with van der Waals surface area (Å²) in [4.78, 5) is 24.1. The van der Waals surface area contributed by atoms with Gasteiger partial charge in [0, 0.05) is 29.1 Å². The van der Waals surface area contributed by atoms with E-state index in [0.717, 1.165) is 16.7 Å². The van der Waals surface area contributed by atoms with Gasteiger partial charge in [-0.05, 0) is 41.3 Å². The number of rotatable bonds is 9. The molecule has 2 atom stereocenters. The normalized spacial score (nSPS) is 12.6. The molecule has 0 saturated carbocycles. The van der Waals surface area contributed by atoms with Gasteiger partial charge in [-0.25, -0.2) is 4.79 Å². The zero-order valence-electron chi connectivity index (χ0n) is 18.9. The molecular weight excluding hydrogens is 503 g/mol. The number of nitrogens with zero attached hydrogens (tertiary/aromatic N) is 1. The predicted octanol–water partition coefficient (Wildman–Crippen LogP) is 5.49. The molecule has 3 aromatic carbocycles. The lowest BCUT2D eigenvalue weighted by Gasteiger charge is -2.20. The van der Waals surface area contributed by atoms with Crippen molar-refractivity contribution in [1.82, 2.24) is 10.5 Å². The van der Waals surface area contributed by atoms with Crippen LogP contribution >= 0.6 is 23.2 Å². The largest absolute Gasteiger partial charge is 0.479 e. The van der Waals surface area contributed by atoms with Crippen LogP contribution in [-0.2, 0) is 11.2 Å². The number of hydrogen-bond acceptors (Lipinski definition) is 5. The summed E-state index contributed by atoms with van der Waals surface area (Å²) in [6.07, 6.45) is -1.54. The second kappa shape index (κ2) is 11.4. The lowest BCUT2D eigenvalue weighted by molar-refractivity contribution is -0.147. The Morgan fingerprint density at radius 2 is 1.64 bits per heavy atom. The Labute approximate surface area is 217 Å². The summed E-state index contributed by atoms with van der Waals surface area (Å²) < 4.78 is 5.20. The third-order valence-electron chi connectivity index (χ3n) is 5.61. The van der Waals surface area contributed by atoms with Gasteiger partial charge >= 0.3 is 5.97 Å². The molecule has 7 nitrogen and oxygen atoms in total. The van der Waals surface area contributed by atoms with Crippen LogP contribution in [0.15, 0.2) is 83.4 Å². The molecule has 184 valence electrons. The van der Waals surface area contributed by atoms with Gasteiger partial charge in [-0.1, -0.05) is 83.0 Å². The van der Waals surface area contributed by atoms with E-state index in [4.69, 9.17) is 27.7 Å². The molecule has 1 amide bonds. The van der Waals surface area contributed by atoms with E-state index in [1.807, 2.05) is 54.6 Å². The predicted molar refractivity (Wildman–Crippen MR) is 137 cm³/mol. The van der Waals surface area contributed by atoms with Crippen molar-refractivity contribution in [2.24, 2.45) is 0 Å². The SMILES string of the molecule is O=C(N[C@H](Cc1ccc(-c2ccccc2)cc1)C[C@@H](O)C(=O)O)c1cc(-c2cc(Cl)ccc2Cl)no1. The number of hydrogen-bond donors (Lipinski definition) is 3. The lowest BCUT2D eigenvalue weighted by Crippen LogP contribution is -2.40. The molecule has 0 saturated heterocycles. The molecule has 0 radical (unpaired) electrons. The number of carboxylic acids is 1. The standard InChI is InChI=1S/C27H22Cl2N2O5/c28-19-10-11-22(29)21(13-19)23-15-25(36-31-23)26(33)30-20(14-24(32)27(34)35)12-16-6-8-18(9-7-16)17-4-2-1-3-5-17/h1-11,13,15,20,24,32H,12,14H2,(H,30,33)(H,34,35)/t20-,24-/m1/s1. The first-order valence-corrected chi connectivity index (χ1v) is 11.8. The maximum absolute atomic E-state index is 12.9. The number of carbonyl (C=O) groups excluding carboxylic acids is 1. The van der Waals surface area contributed by atoms with E-state index in [1.54, 1.807) is 18.2 Å². The van der Waals surface area contributed by atoms with Crippen LogP contribution in [0.25, 0.3) is 22.4 Å². The smallest absolute Gasteiger partial charge is 0.332 e. The number of aliphatic carboxylic acids is 1. The Balaban J connectivity index is 1.50. The minimum atomic E-state index is -1.64. The molecule has 1 heterocycles. The van der Waals surface area contributed by atoms with E-state index in [-0.39, 0.29) is 12.2 Å². The number of carbonyl (C=O) groups is 2. The van der Waals surface area contributed by atoms with Crippen LogP contribution in [-0.4, -0.2) is 39.4 Å². The van der Waals surface area contributed by atoms with Crippen molar-refractivity contribution in [2.75, 3.05) is 0 Å². The zero-order chi connectivity index (χ0) is 25.7. The summed E-state index contributed by atoms with van der Waals surface area (Å²) in [6.45, 7) is 0. The fourth-order valence-electron chi connectivity index (χ4n) is 3.77. The number of halogens is 2. The summed E-state index contributed by atoms with van der Waals surface area (Å²) in [6, 6.07) is 23.2. The molecule has 36 heavy (non-hydrogen) atoms. The molecule has 3 N–H and O–H groups in total. The third kappa shape index (κ3) is 6.31. The van der Waals surface area contributed by atoms with Crippen molar-refractivity contribution >= 4 is 35.1 Å². The van der Waals surface area contributed by atoms with Crippen LogP contribution in [0, 0.1) is 0 Å². The van der Waals surface area contributed by atoms with Crippen LogP contribution in [0.5, 0.6) is 0 Å². The molecule has 0 fully saturated rings. The molecule has 0 unspecified atom stereocenters. The van der Waals surface area contributed by atoms with E-state index in [2.05, 4.69) is 10.5 Å². The van der Waals surface area contributed by atoms with Crippen molar-refractivity contribution in [1.29, 1.82) is 0 Å². The summed E-state index contributed by atoms with van der Waals surface area (Å²) >= 11 is 12.2. The monoisotopic (exact) mass is 524 g/mol. The number of nitrogens with one attached hydrogen (secondary N) is 1. The number of aliphatic hydroxyl groups is 1. The van der Waals surface area contributed by atoms with Crippen molar-refractivity contribution < 1.29 is 24.3 Å². The molecule has 0 spiro atoms. The molecule has 1 aromatic heterocycles. The molecule has 9 heteroatoms. The Kier molecular flexibility index (Phi) is 8.05. The summed E-state index contributed by atoms with van der Waals surface area (Å²) in [5.74, 6) is -2.06. The molecule has 0 aliphatic rings. The molecule has 4 rings (SSSR count). The molecule has 0 aliphatic carbocycles. The fraction of sp³-hybridized carbons (Fsp3) is 0.148. The first kappa shape index (κ1) is 25.4. The number of aromatic nitrogens is 1. The van der Waals surface area contributed by atoms with Gasteiger partial charge in [-0.3, -0.25) is 4.79 Å². The number of amides is 1. The highest BCUT2D eigenvalue weighted by Crippen LogP contribution is 2.30. The number of benzene rings is 3. The molecule has 0 bridgehead atoms. The second-order valence-electron chi connectivity index (χ2n) is 8.23. The van der Waals surface area contributed by atoms with Crippen LogP contribution in [0.3, 0.4) is 0 Å². The Morgan fingerprint density at radius 1 is 0.944 bits per heavy atom. The fourth-order valence-corrected chi connectivity index (χ4v) is 4.16. The van der Waals surface area contributed by atoms with Crippen molar-refractivity contribution in [3.8, 4) is 22.4 Å². The minimum absolute atomic E-state index is 0.0877. The molecule has 0 aliphatic heterocycles. The molecule has 4 aromatic rings. The lowest BCUT2D eigenvalue weighted by atomic mass is 9.97. The van der Waals surface area contributed by atoms with Gasteiger partial charge in [0.25, 0.3) is 5.91 Å². The highest BCUT2D eigenvalue weighted by atomic mass is 35.5. The summed E-state index contributed by atoms with van der Waals surface area (Å²) in [7, 11) is 0. The van der Waals surface area contributed by atoms with Crippen LogP contribution in [0.1, 0.15) is 22.5 Å². The third-order valence-corrected chi connectivity index (χ3v) is 6.17. The Hall–Kier alpha value is -3.65. The average molecular weight is 525 g/mol. The summed E-state index contributed by atoms with van der Waals surface area (Å²) in [5, 5.41) is 26.6. The van der Waals surface area contributed by atoms with Gasteiger partial charge in [0.1, 0.15) is 5.69 Å². The Morgan fingerprint density at radius 3 is 2.33 bits per heavy atom. The Bertz CT molecular complexity index is 1360. The van der Waals surface area contributed by atoms with E-state index in [0.29, 0.717) is 27.7 Å². The highest BCUT2D eigenvalue weighted by Gasteiger charge is 2.24. The van der Waals surface area contributed by atoms with Gasteiger partial charge in [-0.2, -0.15) is 0 Å². The quantitative estimate of drug-likeness (QED) is 0.266. The van der Waals surface area contributed by atoms with E-state index in [9.17, 15) is 19.8 Å². The van der Waals surface area contributed by atoms with Gasteiger partial charge in [0.2, 0.25) is 5.76 Å². The van der Waals surface area contributed by atoms with Crippen LogP contribution < -0.4 is 5.32 Å². The minimum Gasteiger partial charge on any atom is -0.479 e. The van der Waals surface area contributed by atoms with Gasteiger partial charge in [0.15, 0.2) is 6.10 Å². The van der Waals surface area contributed by atoms with Gasteiger partial charge in [0.05, 0.1) is 5.02 Å². The topological polar surface area (TPSA) is 113 Å². The maximum Gasteiger partial charge on any atom is 0.332 e. The van der Waals surface area contributed by atoms with Gasteiger partial charge < -0.3 is 20.1 Å². The zero-order valence-corrected chi connectivity index (χ0v) is 20.4. The first-order chi connectivity index (χ1) is 17.3. The van der Waals surface area contributed by atoms with E-state index in [1.165, 1.54) is 6.07 Å². The van der Waals surface area contributed by atoms with Crippen molar-refractivity contribution in [3.05, 3.63) is 100 Å². The number of aliphatic hydroxyl groups excluding tert-OH is 1. The van der Waals surface area contributed by atoms with Crippen molar-refractivity contribution in [3.63, 3.8) is 0 Å². The number of carboxylic acid groups (broad SMARTS) is 1. The van der Waals surface area contributed by atoms with Crippen molar-refractivity contribution in [2.45, 2.75) is 25.0 Å². The second-order valence-corrected chi connectivity index (χ2v) is 9.07. The molecular formula is C27H22Cl2N2O5. The van der Waals surface area contributed by atoms with Crippen LogP contribution in [0.2, 0.25) is 10.0 Å². The van der Waals surface area contributed by atoms with E-state index < -0.39 is 24.0 Å². The average Bonchev–Trinajstić information content (AvgIpc) is 3.37. The van der Waals surface area contributed by atoms with Crippen LogP contribution in [0.4, 0.5) is 0 Å². The van der Waals surface area contributed by atoms with E-state index >= 15 is 0 Å². The van der Waals surface area contributed by atoms with Gasteiger partial charge in [-0.15, -0.1) is 0 Å². The maximum atomic E-state index is 12.9.